The quantitative estimate of drug-likeness (QED) is 0.712. The zero-order valence-corrected chi connectivity index (χ0v) is 12.3. The minimum atomic E-state index is -0.823. The number of carbonyl (C=O) groups excluding carboxylic acids is 2. The highest BCUT2D eigenvalue weighted by molar-refractivity contribution is 6.35. The van der Waals surface area contributed by atoms with Crippen molar-refractivity contribution in [3.63, 3.8) is 0 Å². The Morgan fingerprint density at radius 2 is 2.05 bits per heavy atom. The molecule has 0 saturated heterocycles. The van der Waals surface area contributed by atoms with Gasteiger partial charge in [-0.2, -0.15) is 0 Å². The number of aryl methyl sites for hydroxylation is 1. The number of aliphatic hydroxyl groups excluding tert-OH is 1. The standard InChI is InChI=1S/C15H23N3O3/c1-18-9-5-8-12(18)13(19)10-16-14(20)15(21)17-11-6-3-2-4-7-11/h5,8-9,11,13,19H,2-4,6-7,10H2,1H3,(H,16,20)(H,17,21). The van der Waals surface area contributed by atoms with Gasteiger partial charge >= 0.3 is 11.8 Å². The smallest absolute Gasteiger partial charge is 0.309 e. The fourth-order valence-electron chi connectivity index (χ4n) is 2.69. The lowest BCUT2D eigenvalue weighted by atomic mass is 9.95. The molecule has 0 bridgehead atoms. The Morgan fingerprint density at radius 3 is 2.67 bits per heavy atom. The molecule has 21 heavy (non-hydrogen) atoms. The van der Waals surface area contributed by atoms with Crippen molar-refractivity contribution < 1.29 is 14.7 Å². The number of nitrogens with zero attached hydrogens (tertiary/aromatic N) is 1. The molecule has 0 radical (unpaired) electrons. The highest BCUT2D eigenvalue weighted by Gasteiger charge is 2.21. The van der Waals surface area contributed by atoms with Gasteiger partial charge in [-0.3, -0.25) is 9.59 Å². The molecule has 116 valence electrons. The predicted molar refractivity (Wildman–Crippen MR) is 78.4 cm³/mol. The average molecular weight is 293 g/mol. The van der Waals surface area contributed by atoms with Crippen LogP contribution in [0.25, 0.3) is 0 Å². The number of hydrogen-bond acceptors (Lipinski definition) is 3. The number of hydrogen-bond donors (Lipinski definition) is 3. The lowest BCUT2D eigenvalue weighted by molar-refractivity contribution is -0.140. The molecule has 1 saturated carbocycles. The highest BCUT2D eigenvalue weighted by Crippen LogP contribution is 2.17. The summed E-state index contributed by atoms with van der Waals surface area (Å²) in [6, 6.07) is 3.70. The zero-order chi connectivity index (χ0) is 15.2. The van der Waals surface area contributed by atoms with E-state index in [1.54, 1.807) is 10.6 Å². The van der Waals surface area contributed by atoms with Gasteiger partial charge in [0.2, 0.25) is 0 Å². The molecule has 3 N–H and O–H groups in total. The molecular weight excluding hydrogens is 270 g/mol. The molecule has 1 aromatic heterocycles. The number of aromatic nitrogens is 1. The van der Waals surface area contributed by atoms with Crippen molar-refractivity contribution in [1.82, 2.24) is 15.2 Å². The maximum atomic E-state index is 11.8. The minimum Gasteiger partial charge on any atom is -0.385 e. The van der Waals surface area contributed by atoms with E-state index >= 15 is 0 Å². The van der Waals surface area contributed by atoms with Crippen LogP contribution in [0.2, 0.25) is 0 Å². The predicted octanol–water partition coefficient (Wildman–Crippen LogP) is 0.624. The van der Waals surface area contributed by atoms with E-state index in [-0.39, 0.29) is 12.6 Å². The van der Waals surface area contributed by atoms with E-state index in [9.17, 15) is 14.7 Å². The molecular formula is C15H23N3O3. The Balaban J connectivity index is 1.75. The Kier molecular flexibility index (Phi) is 5.38. The fourth-order valence-corrected chi connectivity index (χ4v) is 2.69. The molecule has 0 aliphatic heterocycles. The number of aliphatic hydroxyl groups is 1. The summed E-state index contributed by atoms with van der Waals surface area (Å²) in [5, 5.41) is 15.2. The summed E-state index contributed by atoms with van der Waals surface area (Å²) in [5.41, 5.74) is 0.697. The van der Waals surface area contributed by atoms with Gasteiger partial charge in [0.05, 0.1) is 0 Å². The first kappa shape index (κ1) is 15.6. The molecule has 1 aromatic rings. The van der Waals surface area contributed by atoms with E-state index in [0.29, 0.717) is 5.69 Å². The van der Waals surface area contributed by atoms with Crippen LogP contribution in [-0.2, 0) is 16.6 Å². The normalized spacial score (nSPS) is 17.2. The SMILES string of the molecule is Cn1cccc1C(O)CNC(=O)C(=O)NC1CCCCC1. The molecule has 1 aliphatic carbocycles. The van der Waals surface area contributed by atoms with Crippen LogP contribution in [0.5, 0.6) is 0 Å². The van der Waals surface area contributed by atoms with Crippen LogP contribution >= 0.6 is 0 Å². The van der Waals surface area contributed by atoms with Crippen molar-refractivity contribution in [3.8, 4) is 0 Å². The maximum Gasteiger partial charge on any atom is 0.309 e. The fraction of sp³-hybridized carbons (Fsp3) is 0.600. The Hall–Kier alpha value is -1.82. The Morgan fingerprint density at radius 1 is 1.33 bits per heavy atom. The first-order chi connectivity index (χ1) is 10.1. The number of carbonyl (C=O) groups is 2. The topological polar surface area (TPSA) is 83.4 Å². The molecule has 2 amide bonds. The lowest BCUT2D eigenvalue weighted by Gasteiger charge is -2.22. The Bertz CT molecular complexity index is 492. The van der Waals surface area contributed by atoms with Crippen LogP contribution in [0, 0.1) is 0 Å². The van der Waals surface area contributed by atoms with Gasteiger partial charge in [0.1, 0.15) is 6.10 Å². The first-order valence-electron chi connectivity index (χ1n) is 7.46. The summed E-state index contributed by atoms with van der Waals surface area (Å²) in [6.07, 6.45) is 6.25. The van der Waals surface area contributed by atoms with Crippen molar-refractivity contribution in [2.24, 2.45) is 7.05 Å². The van der Waals surface area contributed by atoms with Crippen LogP contribution in [0.4, 0.5) is 0 Å². The summed E-state index contributed by atoms with van der Waals surface area (Å²) in [4.78, 5) is 23.5. The van der Waals surface area contributed by atoms with E-state index in [1.165, 1.54) is 6.42 Å². The van der Waals surface area contributed by atoms with Gasteiger partial charge in [-0.1, -0.05) is 19.3 Å². The third-order valence-corrected chi connectivity index (χ3v) is 3.93. The molecule has 1 heterocycles. The van der Waals surface area contributed by atoms with Crippen molar-refractivity contribution >= 4 is 11.8 Å². The van der Waals surface area contributed by atoms with E-state index in [2.05, 4.69) is 10.6 Å². The second kappa shape index (κ2) is 7.26. The molecule has 6 heteroatoms. The lowest BCUT2D eigenvalue weighted by Crippen LogP contribution is -2.46. The van der Waals surface area contributed by atoms with Crippen LogP contribution in [0.1, 0.15) is 43.9 Å². The van der Waals surface area contributed by atoms with Crippen molar-refractivity contribution in [2.45, 2.75) is 44.2 Å². The van der Waals surface area contributed by atoms with Gasteiger partial charge in [0.15, 0.2) is 0 Å². The maximum absolute atomic E-state index is 11.8. The van der Waals surface area contributed by atoms with E-state index in [4.69, 9.17) is 0 Å². The van der Waals surface area contributed by atoms with Gasteiger partial charge in [0.25, 0.3) is 0 Å². The molecule has 1 atom stereocenters. The van der Waals surface area contributed by atoms with Gasteiger partial charge in [-0.25, -0.2) is 0 Å². The first-order valence-corrected chi connectivity index (χ1v) is 7.46. The van der Waals surface area contributed by atoms with Crippen LogP contribution in [0.3, 0.4) is 0 Å². The van der Waals surface area contributed by atoms with E-state index in [0.717, 1.165) is 25.7 Å². The summed E-state index contributed by atoms with van der Waals surface area (Å²) in [5.74, 6) is -1.30. The third-order valence-electron chi connectivity index (χ3n) is 3.93. The largest absolute Gasteiger partial charge is 0.385 e. The molecule has 1 unspecified atom stereocenters. The highest BCUT2D eigenvalue weighted by atomic mass is 16.3. The minimum absolute atomic E-state index is 0.0226. The summed E-state index contributed by atoms with van der Waals surface area (Å²) in [6.45, 7) is 0.0226. The molecule has 2 rings (SSSR count). The van der Waals surface area contributed by atoms with Gasteiger partial charge in [-0.15, -0.1) is 0 Å². The van der Waals surface area contributed by atoms with Crippen LogP contribution in [0.15, 0.2) is 18.3 Å². The zero-order valence-electron chi connectivity index (χ0n) is 12.3. The third kappa shape index (κ3) is 4.32. The average Bonchev–Trinajstić information content (AvgIpc) is 2.91. The molecule has 0 spiro atoms. The molecule has 0 aromatic carbocycles. The van der Waals surface area contributed by atoms with Crippen LogP contribution in [-0.4, -0.2) is 34.1 Å². The van der Waals surface area contributed by atoms with E-state index in [1.807, 2.05) is 19.3 Å². The second-order valence-electron chi connectivity index (χ2n) is 5.58. The number of rotatable bonds is 4. The summed E-state index contributed by atoms with van der Waals surface area (Å²) in [7, 11) is 1.82. The molecule has 1 fully saturated rings. The van der Waals surface area contributed by atoms with Gasteiger partial charge < -0.3 is 20.3 Å². The van der Waals surface area contributed by atoms with Gasteiger partial charge in [-0.05, 0) is 25.0 Å². The molecule has 6 nitrogen and oxygen atoms in total. The van der Waals surface area contributed by atoms with Crippen LogP contribution < -0.4 is 10.6 Å². The monoisotopic (exact) mass is 293 g/mol. The summed E-state index contributed by atoms with van der Waals surface area (Å²) >= 11 is 0. The number of amides is 2. The molecule has 1 aliphatic rings. The van der Waals surface area contributed by atoms with Gasteiger partial charge in [0, 0.05) is 31.5 Å². The van der Waals surface area contributed by atoms with Crippen molar-refractivity contribution in [2.75, 3.05) is 6.54 Å². The summed E-state index contributed by atoms with van der Waals surface area (Å²) < 4.78 is 1.78. The van der Waals surface area contributed by atoms with E-state index < -0.39 is 17.9 Å². The Labute approximate surface area is 124 Å². The van der Waals surface area contributed by atoms with Crippen molar-refractivity contribution in [1.29, 1.82) is 0 Å². The number of nitrogens with one attached hydrogen (secondary N) is 2. The second-order valence-corrected chi connectivity index (χ2v) is 5.58. The van der Waals surface area contributed by atoms with Crippen molar-refractivity contribution in [3.05, 3.63) is 24.0 Å².